The van der Waals surface area contributed by atoms with Crippen LogP contribution in [0.2, 0.25) is 5.02 Å². The van der Waals surface area contributed by atoms with Crippen molar-refractivity contribution in [2.75, 3.05) is 20.3 Å². The number of carbonyl (C=O) groups is 1. The maximum absolute atomic E-state index is 11.7. The van der Waals surface area contributed by atoms with Crippen molar-refractivity contribution in [1.82, 2.24) is 5.32 Å². The summed E-state index contributed by atoms with van der Waals surface area (Å²) >= 11 is 5.77. The van der Waals surface area contributed by atoms with E-state index >= 15 is 0 Å². The topological polar surface area (TPSA) is 60.7 Å². The summed E-state index contributed by atoms with van der Waals surface area (Å²) in [6.45, 7) is 0.239. The van der Waals surface area contributed by atoms with Crippen LogP contribution in [0, 0.1) is 0 Å². The standard InChI is InChI=1S/C15H16ClNO4/c1-19-14(13-3-2-8-20-13)9-17-15(18)10-21-12-6-4-11(16)5-7-12/h2-8,14H,9-10H2,1H3,(H,17,18)/t14-/m1/s1. The van der Waals surface area contributed by atoms with Crippen LogP contribution in [0.4, 0.5) is 0 Å². The minimum absolute atomic E-state index is 0.0732. The minimum atomic E-state index is -0.320. The molecule has 5 nitrogen and oxygen atoms in total. The van der Waals surface area contributed by atoms with Gasteiger partial charge in [-0.1, -0.05) is 11.6 Å². The Morgan fingerprint density at radius 3 is 2.71 bits per heavy atom. The Morgan fingerprint density at radius 2 is 2.10 bits per heavy atom. The Labute approximate surface area is 127 Å². The summed E-state index contributed by atoms with van der Waals surface area (Å²) in [6, 6.07) is 10.4. The molecule has 2 aromatic rings. The van der Waals surface area contributed by atoms with Crippen LogP contribution in [0.25, 0.3) is 0 Å². The highest BCUT2D eigenvalue weighted by Gasteiger charge is 2.14. The number of halogens is 1. The molecule has 1 atom stereocenters. The molecule has 6 heteroatoms. The lowest BCUT2D eigenvalue weighted by Crippen LogP contribution is -2.32. The molecule has 0 aliphatic carbocycles. The third kappa shape index (κ3) is 4.81. The number of benzene rings is 1. The highest BCUT2D eigenvalue weighted by Crippen LogP contribution is 2.16. The number of hydrogen-bond acceptors (Lipinski definition) is 4. The molecule has 0 bridgehead atoms. The first kappa shape index (κ1) is 15.4. The number of furan rings is 1. The van der Waals surface area contributed by atoms with Crippen LogP contribution in [-0.4, -0.2) is 26.2 Å². The van der Waals surface area contributed by atoms with Crippen LogP contribution in [0.5, 0.6) is 5.75 Å². The molecule has 0 fully saturated rings. The average molecular weight is 310 g/mol. The molecule has 0 spiro atoms. The molecule has 112 valence electrons. The average Bonchev–Trinajstić information content (AvgIpc) is 3.01. The van der Waals surface area contributed by atoms with Crippen molar-refractivity contribution in [1.29, 1.82) is 0 Å². The lowest BCUT2D eigenvalue weighted by molar-refractivity contribution is -0.123. The van der Waals surface area contributed by atoms with Crippen LogP contribution in [0.3, 0.4) is 0 Å². The van der Waals surface area contributed by atoms with E-state index < -0.39 is 0 Å². The van der Waals surface area contributed by atoms with Gasteiger partial charge in [0.2, 0.25) is 0 Å². The molecule has 1 N–H and O–H groups in total. The van der Waals surface area contributed by atoms with E-state index in [0.717, 1.165) is 0 Å². The number of rotatable bonds is 7. The molecule has 0 saturated carbocycles. The van der Waals surface area contributed by atoms with Crippen LogP contribution in [0.15, 0.2) is 47.1 Å². The molecule has 1 heterocycles. The second-order valence-electron chi connectivity index (χ2n) is 4.29. The number of ether oxygens (including phenoxy) is 2. The van der Waals surface area contributed by atoms with Gasteiger partial charge in [0.15, 0.2) is 6.61 Å². The molecule has 1 aromatic carbocycles. The number of carbonyl (C=O) groups excluding carboxylic acids is 1. The van der Waals surface area contributed by atoms with Gasteiger partial charge in [-0.15, -0.1) is 0 Å². The van der Waals surface area contributed by atoms with Gasteiger partial charge in [0.05, 0.1) is 12.8 Å². The van der Waals surface area contributed by atoms with Crippen LogP contribution in [-0.2, 0) is 9.53 Å². The monoisotopic (exact) mass is 309 g/mol. The lowest BCUT2D eigenvalue weighted by Gasteiger charge is -2.14. The van der Waals surface area contributed by atoms with E-state index in [-0.39, 0.29) is 18.6 Å². The molecule has 0 aliphatic heterocycles. The quantitative estimate of drug-likeness (QED) is 0.854. The summed E-state index contributed by atoms with van der Waals surface area (Å²) < 4.78 is 15.8. The number of methoxy groups -OCH3 is 1. The number of hydrogen-bond donors (Lipinski definition) is 1. The van der Waals surface area contributed by atoms with E-state index in [9.17, 15) is 4.79 Å². The van der Waals surface area contributed by atoms with E-state index in [1.807, 2.05) is 0 Å². The molecule has 1 amide bonds. The summed E-state index contributed by atoms with van der Waals surface area (Å²) in [5, 5.41) is 3.35. The fourth-order valence-corrected chi connectivity index (χ4v) is 1.84. The molecule has 21 heavy (non-hydrogen) atoms. The molecular weight excluding hydrogens is 294 g/mol. The summed E-state index contributed by atoms with van der Waals surface area (Å²) in [7, 11) is 1.56. The molecule has 0 aliphatic rings. The van der Waals surface area contributed by atoms with Gasteiger partial charge in [-0.2, -0.15) is 0 Å². The zero-order valence-electron chi connectivity index (χ0n) is 11.5. The highest BCUT2D eigenvalue weighted by atomic mass is 35.5. The maximum atomic E-state index is 11.7. The Balaban J connectivity index is 1.75. The fourth-order valence-electron chi connectivity index (χ4n) is 1.71. The molecule has 0 radical (unpaired) electrons. The molecule has 2 rings (SSSR count). The molecule has 0 saturated heterocycles. The van der Waals surface area contributed by atoms with E-state index in [0.29, 0.717) is 23.1 Å². The smallest absolute Gasteiger partial charge is 0.258 e. The largest absolute Gasteiger partial charge is 0.484 e. The second kappa shape index (κ2) is 7.71. The zero-order chi connectivity index (χ0) is 15.1. The Bertz CT molecular complexity index is 554. The summed E-state index contributed by atoms with van der Waals surface area (Å²) in [5.41, 5.74) is 0. The van der Waals surface area contributed by atoms with Gasteiger partial charge in [0.25, 0.3) is 5.91 Å². The third-order valence-corrected chi connectivity index (χ3v) is 3.07. The maximum Gasteiger partial charge on any atom is 0.258 e. The SMILES string of the molecule is CO[C@H](CNC(=O)COc1ccc(Cl)cc1)c1ccco1. The predicted octanol–water partition coefficient (Wildman–Crippen LogP) is 2.82. The Kier molecular flexibility index (Phi) is 5.66. The summed E-state index contributed by atoms with van der Waals surface area (Å²) in [5.74, 6) is 1.01. The van der Waals surface area contributed by atoms with Gasteiger partial charge in [-0.05, 0) is 36.4 Å². The fraction of sp³-hybridized carbons (Fsp3) is 0.267. The first-order valence-corrected chi connectivity index (χ1v) is 6.78. The molecule has 1 aromatic heterocycles. The van der Waals surface area contributed by atoms with Crippen molar-refractivity contribution in [3.8, 4) is 5.75 Å². The van der Waals surface area contributed by atoms with Crippen LogP contribution in [0.1, 0.15) is 11.9 Å². The van der Waals surface area contributed by atoms with Crippen molar-refractivity contribution in [2.24, 2.45) is 0 Å². The zero-order valence-corrected chi connectivity index (χ0v) is 12.3. The number of amides is 1. The minimum Gasteiger partial charge on any atom is -0.484 e. The second-order valence-corrected chi connectivity index (χ2v) is 4.72. The van der Waals surface area contributed by atoms with E-state index in [4.69, 9.17) is 25.5 Å². The van der Waals surface area contributed by atoms with Crippen molar-refractivity contribution in [2.45, 2.75) is 6.10 Å². The molecular formula is C15H16ClNO4. The van der Waals surface area contributed by atoms with E-state index in [1.54, 1.807) is 49.8 Å². The van der Waals surface area contributed by atoms with Crippen molar-refractivity contribution in [3.63, 3.8) is 0 Å². The lowest BCUT2D eigenvalue weighted by atomic mass is 10.2. The van der Waals surface area contributed by atoms with Gasteiger partial charge in [-0.25, -0.2) is 0 Å². The third-order valence-electron chi connectivity index (χ3n) is 2.81. The molecule has 0 unspecified atom stereocenters. The van der Waals surface area contributed by atoms with Crippen LogP contribution < -0.4 is 10.1 Å². The van der Waals surface area contributed by atoms with Crippen molar-refractivity contribution >= 4 is 17.5 Å². The predicted molar refractivity (Wildman–Crippen MR) is 78.4 cm³/mol. The van der Waals surface area contributed by atoms with Gasteiger partial charge in [0.1, 0.15) is 17.6 Å². The Hall–Kier alpha value is -1.98. The normalized spacial score (nSPS) is 11.9. The van der Waals surface area contributed by atoms with Crippen LogP contribution >= 0.6 is 11.6 Å². The van der Waals surface area contributed by atoms with E-state index in [2.05, 4.69) is 5.32 Å². The first-order chi connectivity index (χ1) is 10.2. The first-order valence-electron chi connectivity index (χ1n) is 6.40. The summed E-state index contributed by atoms with van der Waals surface area (Å²) in [4.78, 5) is 11.7. The summed E-state index contributed by atoms with van der Waals surface area (Å²) in [6.07, 6.45) is 1.24. The van der Waals surface area contributed by atoms with Crippen molar-refractivity contribution in [3.05, 3.63) is 53.4 Å². The van der Waals surface area contributed by atoms with Gasteiger partial charge in [-0.3, -0.25) is 4.79 Å². The number of nitrogens with one attached hydrogen (secondary N) is 1. The highest BCUT2D eigenvalue weighted by molar-refractivity contribution is 6.30. The Morgan fingerprint density at radius 1 is 1.33 bits per heavy atom. The van der Waals surface area contributed by atoms with Gasteiger partial charge in [0, 0.05) is 12.1 Å². The van der Waals surface area contributed by atoms with Gasteiger partial charge >= 0.3 is 0 Å². The van der Waals surface area contributed by atoms with E-state index in [1.165, 1.54) is 0 Å². The van der Waals surface area contributed by atoms with Crippen molar-refractivity contribution < 1.29 is 18.7 Å². The van der Waals surface area contributed by atoms with Gasteiger partial charge < -0.3 is 19.2 Å².